The van der Waals surface area contributed by atoms with Crippen LogP contribution in [0, 0.1) is 5.41 Å². The van der Waals surface area contributed by atoms with E-state index < -0.39 is 0 Å². The maximum Gasteiger partial charge on any atom is 0.336 e. The molecule has 1 amide bonds. The predicted molar refractivity (Wildman–Crippen MR) is 103 cm³/mol. The highest BCUT2D eigenvalue weighted by Gasteiger charge is 2.18. The van der Waals surface area contributed by atoms with Crippen LogP contribution >= 0.6 is 0 Å². The molecule has 0 aliphatic carbocycles. The second-order valence-corrected chi connectivity index (χ2v) is 7.37. The number of ether oxygens (including phenoxy) is 1. The maximum atomic E-state index is 12.1. The quantitative estimate of drug-likeness (QED) is 0.701. The van der Waals surface area contributed by atoms with Crippen molar-refractivity contribution in [1.82, 2.24) is 14.8 Å². The number of aromatic nitrogens is 3. The molecule has 0 unspecified atom stereocenters. The molecule has 0 radical (unpaired) electrons. The second kappa shape index (κ2) is 7.65. The Morgan fingerprint density at radius 2 is 1.96 bits per heavy atom. The topological polar surface area (TPSA) is 82.2 Å². The van der Waals surface area contributed by atoms with Gasteiger partial charge in [0.1, 0.15) is 0 Å². The van der Waals surface area contributed by atoms with Crippen molar-refractivity contribution in [3.05, 3.63) is 42.7 Å². The number of amides is 1. The Morgan fingerprint density at radius 3 is 2.56 bits per heavy atom. The van der Waals surface area contributed by atoms with Crippen molar-refractivity contribution in [1.29, 1.82) is 0 Å². The lowest BCUT2D eigenvalue weighted by molar-refractivity contribution is -0.117. The van der Waals surface area contributed by atoms with Crippen molar-refractivity contribution in [3.8, 4) is 23.3 Å². The van der Waals surface area contributed by atoms with E-state index in [0.717, 1.165) is 11.4 Å². The molecule has 7 heteroatoms. The third kappa shape index (κ3) is 4.75. The van der Waals surface area contributed by atoms with Crippen molar-refractivity contribution in [3.63, 3.8) is 0 Å². The highest BCUT2D eigenvalue weighted by molar-refractivity contribution is 5.91. The van der Waals surface area contributed by atoms with Gasteiger partial charge in [0.25, 0.3) is 0 Å². The van der Waals surface area contributed by atoms with Crippen LogP contribution in [0.15, 0.2) is 47.1 Å². The summed E-state index contributed by atoms with van der Waals surface area (Å²) in [6, 6.07) is 11.3. The summed E-state index contributed by atoms with van der Waals surface area (Å²) in [4.78, 5) is 16.5. The first kappa shape index (κ1) is 18.7. The fraction of sp³-hybridized carbons (Fsp3) is 0.350. The van der Waals surface area contributed by atoms with Gasteiger partial charge in [0.15, 0.2) is 5.76 Å². The van der Waals surface area contributed by atoms with Crippen LogP contribution in [-0.2, 0) is 4.79 Å². The molecule has 142 valence electrons. The monoisotopic (exact) mass is 368 g/mol. The number of benzene rings is 1. The zero-order chi connectivity index (χ0) is 19.4. The minimum atomic E-state index is -0.0572. The van der Waals surface area contributed by atoms with Crippen LogP contribution in [0.3, 0.4) is 0 Å². The number of carbonyl (C=O) groups is 1. The third-order valence-electron chi connectivity index (χ3n) is 3.69. The van der Waals surface area contributed by atoms with Crippen LogP contribution < -0.4 is 10.1 Å². The summed E-state index contributed by atoms with van der Waals surface area (Å²) in [7, 11) is 0. The first-order valence-electron chi connectivity index (χ1n) is 8.90. The lowest BCUT2D eigenvalue weighted by Crippen LogP contribution is -2.19. The fourth-order valence-corrected chi connectivity index (χ4v) is 2.60. The smallest absolute Gasteiger partial charge is 0.336 e. The number of rotatable bonds is 6. The normalized spacial score (nSPS) is 11.4. The van der Waals surface area contributed by atoms with Gasteiger partial charge in [0, 0.05) is 12.1 Å². The fourth-order valence-electron chi connectivity index (χ4n) is 2.60. The molecule has 3 aromatic rings. The largest absolute Gasteiger partial charge is 0.463 e. The van der Waals surface area contributed by atoms with E-state index in [0.29, 0.717) is 24.6 Å². The van der Waals surface area contributed by atoms with Crippen molar-refractivity contribution >= 4 is 11.6 Å². The lowest BCUT2D eigenvalue weighted by Gasteiger charge is -2.17. The van der Waals surface area contributed by atoms with Gasteiger partial charge < -0.3 is 14.5 Å². The summed E-state index contributed by atoms with van der Waals surface area (Å²) in [6.07, 6.45) is 2.04. The van der Waals surface area contributed by atoms with Crippen LogP contribution in [0.25, 0.3) is 17.3 Å². The molecule has 7 nitrogen and oxygen atoms in total. The molecule has 0 fully saturated rings. The molecule has 0 atom stereocenters. The average Bonchev–Trinajstić information content (AvgIpc) is 3.23. The first-order chi connectivity index (χ1) is 12.9. The van der Waals surface area contributed by atoms with Gasteiger partial charge in [-0.15, -0.1) is 5.10 Å². The number of hydrogen-bond acceptors (Lipinski definition) is 5. The maximum absolute atomic E-state index is 12.1. The minimum Gasteiger partial charge on any atom is -0.463 e. The van der Waals surface area contributed by atoms with E-state index in [1.807, 2.05) is 58.0 Å². The van der Waals surface area contributed by atoms with E-state index >= 15 is 0 Å². The molecule has 27 heavy (non-hydrogen) atoms. The summed E-state index contributed by atoms with van der Waals surface area (Å²) in [5, 5.41) is 7.32. The van der Waals surface area contributed by atoms with Gasteiger partial charge in [0.2, 0.25) is 11.7 Å². The predicted octanol–water partition coefficient (Wildman–Crippen LogP) is 4.30. The van der Waals surface area contributed by atoms with E-state index in [9.17, 15) is 4.79 Å². The van der Waals surface area contributed by atoms with Crippen molar-refractivity contribution in [2.24, 2.45) is 5.41 Å². The second-order valence-electron chi connectivity index (χ2n) is 7.37. The Bertz CT molecular complexity index is 890. The van der Waals surface area contributed by atoms with Gasteiger partial charge in [-0.05, 0) is 48.7 Å². The summed E-state index contributed by atoms with van der Waals surface area (Å²) in [5.41, 5.74) is 1.46. The summed E-state index contributed by atoms with van der Waals surface area (Å²) in [5.74, 6) is 1.13. The molecule has 2 heterocycles. The zero-order valence-corrected chi connectivity index (χ0v) is 16.0. The number of hydrogen-bond donors (Lipinski definition) is 1. The third-order valence-corrected chi connectivity index (χ3v) is 3.69. The molecule has 3 rings (SSSR count). The first-order valence-corrected chi connectivity index (χ1v) is 8.90. The Labute approximate surface area is 158 Å². The van der Waals surface area contributed by atoms with Gasteiger partial charge in [-0.1, -0.05) is 20.8 Å². The van der Waals surface area contributed by atoms with Gasteiger partial charge in [-0.2, -0.15) is 4.98 Å². The van der Waals surface area contributed by atoms with E-state index in [1.165, 1.54) is 0 Å². The summed E-state index contributed by atoms with van der Waals surface area (Å²) >= 11 is 0. The van der Waals surface area contributed by atoms with Gasteiger partial charge >= 0.3 is 6.01 Å². The molecule has 2 aromatic heterocycles. The highest BCUT2D eigenvalue weighted by atomic mass is 16.5. The van der Waals surface area contributed by atoms with E-state index in [-0.39, 0.29) is 17.3 Å². The highest BCUT2D eigenvalue weighted by Crippen LogP contribution is 2.25. The van der Waals surface area contributed by atoms with Crippen LogP contribution in [0.5, 0.6) is 6.01 Å². The molecule has 0 saturated heterocycles. The Kier molecular flexibility index (Phi) is 5.30. The number of nitrogens with zero attached hydrogens (tertiary/aromatic N) is 3. The SMILES string of the molecule is CCOc1nc(-c2ccco2)n(-c2ccc(NC(=O)CC(C)(C)C)cc2)n1. The average molecular weight is 368 g/mol. The standard InChI is InChI=1S/C20H24N4O3/c1-5-26-19-22-18(16-7-6-12-27-16)24(23-19)15-10-8-14(9-11-15)21-17(25)13-20(2,3)4/h6-12H,5,13H2,1-4H3,(H,21,25). The van der Waals surface area contributed by atoms with Gasteiger partial charge in [-0.25, -0.2) is 4.68 Å². The summed E-state index contributed by atoms with van der Waals surface area (Å²) in [6.45, 7) is 8.45. The molecular formula is C20H24N4O3. The minimum absolute atomic E-state index is 0.00841. The number of carbonyl (C=O) groups excluding carboxylic acids is 1. The van der Waals surface area contributed by atoms with Crippen molar-refractivity contribution in [2.45, 2.75) is 34.1 Å². The molecule has 1 aromatic carbocycles. The Hall–Kier alpha value is -3.09. The Balaban J connectivity index is 1.84. The molecule has 0 saturated carbocycles. The van der Waals surface area contributed by atoms with Crippen LogP contribution in [-0.4, -0.2) is 27.3 Å². The van der Waals surface area contributed by atoms with E-state index in [1.54, 1.807) is 17.0 Å². The zero-order valence-electron chi connectivity index (χ0n) is 16.0. The number of anilines is 1. The van der Waals surface area contributed by atoms with Crippen molar-refractivity contribution < 1.29 is 13.9 Å². The molecule has 0 bridgehead atoms. The van der Waals surface area contributed by atoms with Gasteiger partial charge in [0.05, 0.1) is 18.6 Å². The van der Waals surface area contributed by atoms with Crippen molar-refractivity contribution in [2.75, 3.05) is 11.9 Å². The van der Waals surface area contributed by atoms with E-state index in [2.05, 4.69) is 15.4 Å². The Morgan fingerprint density at radius 1 is 1.22 bits per heavy atom. The molecule has 0 spiro atoms. The molecule has 1 N–H and O–H groups in total. The summed E-state index contributed by atoms with van der Waals surface area (Å²) < 4.78 is 12.5. The molecular weight excluding hydrogens is 344 g/mol. The molecule has 0 aliphatic heterocycles. The molecule has 0 aliphatic rings. The van der Waals surface area contributed by atoms with Crippen LogP contribution in [0.1, 0.15) is 34.1 Å². The van der Waals surface area contributed by atoms with Gasteiger partial charge in [-0.3, -0.25) is 4.79 Å². The number of nitrogens with one attached hydrogen (secondary N) is 1. The lowest BCUT2D eigenvalue weighted by atomic mass is 9.92. The van der Waals surface area contributed by atoms with Crippen LogP contribution in [0.2, 0.25) is 0 Å². The number of furan rings is 1. The van der Waals surface area contributed by atoms with Crippen LogP contribution in [0.4, 0.5) is 5.69 Å². The van der Waals surface area contributed by atoms with E-state index in [4.69, 9.17) is 9.15 Å².